The van der Waals surface area contributed by atoms with Crippen LogP contribution in [0.3, 0.4) is 0 Å². The molecule has 0 saturated heterocycles. The minimum absolute atomic E-state index is 0.0986. The third-order valence-electron chi connectivity index (χ3n) is 2.60. The third kappa shape index (κ3) is 4.13. The fraction of sp³-hybridized carbons (Fsp3) is 0.0667. The van der Waals surface area contributed by atoms with E-state index in [0.717, 1.165) is 0 Å². The number of para-hydroxylation sites is 1. The summed E-state index contributed by atoms with van der Waals surface area (Å²) in [5.41, 5.74) is 0.589. The summed E-state index contributed by atoms with van der Waals surface area (Å²) in [7, 11) is 0. The molecule has 2 aromatic carbocycles. The highest BCUT2D eigenvalue weighted by Gasteiger charge is 2.09. The van der Waals surface area contributed by atoms with E-state index < -0.39 is 11.7 Å². The second-order valence-corrected chi connectivity index (χ2v) is 4.98. The number of rotatable bonds is 5. The minimum Gasteiger partial charge on any atom is -0.483 e. The Bertz CT molecular complexity index is 676. The Labute approximate surface area is 129 Å². The van der Waals surface area contributed by atoms with Gasteiger partial charge in [0, 0.05) is 5.56 Å². The van der Waals surface area contributed by atoms with Crippen LogP contribution in [-0.4, -0.2) is 18.8 Å². The average Bonchev–Trinajstić information content (AvgIpc) is 2.48. The van der Waals surface area contributed by atoms with Gasteiger partial charge in [-0.3, -0.25) is 9.59 Å². The number of benzene rings is 2. The molecular formula is C15H11BrFNO3. The molecule has 108 valence electrons. The number of ether oxygens (including phenoxy) is 1. The molecule has 0 atom stereocenters. The zero-order valence-corrected chi connectivity index (χ0v) is 12.4. The van der Waals surface area contributed by atoms with Gasteiger partial charge in [0.05, 0.1) is 10.2 Å². The molecule has 0 aliphatic carbocycles. The average molecular weight is 352 g/mol. The molecule has 0 radical (unpaired) electrons. The van der Waals surface area contributed by atoms with Gasteiger partial charge >= 0.3 is 0 Å². The van der Waals surface area contributed by atoms with Crippen molar-refractivity contribution in [1.82, 2.24) is 0 Å². The van der Waals surface area contributed by atoms with Gasteiger partial charge in [-0.25, -0.2) is 4.39 Å². The van der Waals surface area contributed by atoms with Gasteiger partial charge in [-0.05, 0) is 46.3 Å². The second-order valence-electron chi connectivity index (χ2n) is 4.12. The van der Waals surface area contributed by atoms with E-state index in [2.05, 4.69) is 21.2 Å². The van der Waals surface area contributed by atoms with E-state index in [1.165, 1.54) is 18.2 Å². The summed E-state index contributed by atoms with van der Waals surface area (Å²) in [5, 5.41) is 2.41. The number of hydrogen-bond donors (Lipinski definition) is 1. The highest BCUT2D eigenvalue weighted by atomic mass is 79.9. The monoisotopic (exact) mass is 351 g/mol. The molecule has 1 amide bonds. The number of carbonyl (C=O) groups excluding carboxylic acids is 2. The van der Waals surface area contributed by atoms with Crippen LogP contribution >= 0.6 is 15.9 Å². The normalized spacial score (nSPS) is 10.0. The van der Waals surface area contributed by atoms with Crippen LogP contribution in [0.4, 0.5) is 10.1 Å². The van der Waals surface area contributed by atoms with Crippen LogP contribution in [-0.2, 0) is 4.79 Å². The van der Waals surface area contributed by atoms with Crippen LogP contribution in [0.15, 0.2) is 46.9 Å². The van der Waals surface area contributed by atoms with Crippen molar-refractivity contribution in [3.63, 3.8) is 0 Å². The van der Waals surface area contributed by atoms with Gasteiger partial charge in [-0.2, -0.15) is 0 Å². The van der Waals surface area contributed by atoms with Crippen molar-refractivity contribution < 1.29 is 18.7 Å². The van der Waals surface area contributed by atoms with E-state index >= 15 is 0 Å². The summed E-state index contributed by atoms with van der Waals surface area (Å²) < 4.78 is 19.2. The van der Waals surface area contributed by atoms with Crippen LogP contribution in [0.2, 0.25) is 0 Å². The van der Waals surface area contributed by atoms with Crippen LogP contribution in [0, 0.1) is 5.82 Å². The van der Waals surface area contributed by atoms with E-state index in [1.807, 2.05) is 0 Å². The minimum atomic E-state index is -0.512. The summed E-state index contributed by atoms with van der Waals surface area (Å²) in [6, 6.07) is 10.6. The molecule has 0 spiro atoms. The molecule has 0 aromatic heterocycles. The maximum Gasteiger partial charge on any atom is 0.262 e. The largest absolute Gasteiger partial charge is 0.483 e. The molecule has 4 nitrogen and oxygen atoms in total. The van der Waals surface area contributed by atoms with Crippen molar-refractivity contribution in [3.8, 4) is 5.75 Å². The maximum absolute atomic E-state index is 13.4. The Morgan fingerprint density at radius 1 is 1.29 bits per heavy atom. The summed E-state index contributed by atoms with van der Waals surface area (Å²) >= 11 is 3.24. The fourth-order valence-electron chi connectivity index (χ4n) is 1.60. The highest BCUT2D eigenvalue weighted by Crippen LogP contribution is 2.25. The fourth-order valence-corrected chi connectivity index (χ4v) is 2.11. The molecule has 0 unspecified atom stereocenters. The molecule has 0 aliphatic rings. The molecule has 2 rings (SSSR count). The van der Waals surface area contributed by atoms with Crippen LogP contribution in [0.25, 0.3) is 0 Å². The Hall–Kier alpha value is -2.21. The zero-order valence-electron chi connectivity index (χ0n) is 10.8. The predicted molar refractivity (Wildman–Crippen MR) is 80.1 cm³/mol. The predicted octanol–water partition coefficient (Wildman–Crippen LogP) is 3.42. The van der Waals surface area contributed by atoms with Crippen molar-refractivity contribution in [3.05, 3.63) is 58.3 Å². The Morgan fingerprint density at radius 2 is 2.05 bits per heavy atom. The Kier molecular flexibility index (Phi) is 5.05. The lowest BCUT2D eigenvalue weighted by Gasteiger charge is -2.09. The molecular weight excluding hydrogens is 341 g/mol. The first kappa shape index (κ1) is 15.2. The van der Waals surface area contributed by atoms with Crippen molar-refractivity contribution in [2.75, 3.05) is 11.9 Å². The summed E-state index contributed by atoms with van der Waals surface area (Å²) in [4.78, 5) is 22.3. The maximum atomic E-state index is 13.4. The van der Waals surface area contributed by atoms with Crippen molar-refractivity contribution >= 4 is 33.8 Å². The summed E-state index contributed by atoms with van der Waals surface area (Å²) in [6.45, 7) is -0.270. The number of carbonyl (C=O) groups is 2. The van der Waals surface area contributed by atoms with E-state index in [0.29, 0.717) is 22.1 Å². The molecule has 1 N–H and O–H groups in total. The Morgan fingerprint density at radius 3 is 2.71 bits per heavy atom. The molecule has 21 heavy (non-hydrogen) atoms. The number of hydrogen-bond acceptors (Lipinski definition) is 3. The second kappa shape index (κ2) is 6.99. The Balaban J connectivity index is 1.95. The van der Waals surface area contributed by atoms with E-state index in [9.17, 15) is 14.0 Å². The summed E-state index contributed by atoms with van der Waals surface area (Å²) in [6.07, 6.45) is 0.708. The summed E-state index contributed by atoms with van der Waals surface area (Å²) in [5.74, 6) is -0.571. The van der Waals surface area contributed by atoms with Gasteiger partial charge in [0.1, 0.15) is 17.9 Å². The molecule has 0 aliphatic heterocycles. The lowest BCUT2D eigenvalue weighted by molar-refractivity contribution is -0.118. The van der Waals surface area contributed by atoms with Crippen LogP contribution < -0.4 is 10.1 Å². The van der Waals surface area contributed by atoms with Crippen molar-refractivity contribution in [2.45, 2.75) is 0 Å². The van der Waals surface area contributed by atoms with Crippen molar-refractivity contribution in [1.29, 1.82) is 0 Å². The van der Waals surface area contributed by atoms with Crippen LogP contribution in [0.1, 0.15) is 10.4 Å². The van der Waals surface area contributed by atoms with Crippen molar-refractivity contribution in [2.24, 2.45) is 0 Å². The SMILES string of the molecule is O=Cc1ccc(OCC(=O)Nc2ccccc2F)c(Br)c1. The lowest BCUT2D eigenvalue weighted by Crippen LogP contribution is -2.20. The quantitative estimate of drug-likeness (QED) is 0.839. The number of amides is 1. The molecule has 2 aromatic rings. The molecule has 0 fully saturated rings. The lowest BCUT2D eigenvalue weighted by atomic mass is 10.2. The van der Waals surface area contributed by atoms with Gasteiger partial charge in [-0.1, -0.05) is 12.1 Å². The number of nitrogens with one attached hydrogen (secondary N) is 1. The first-order valence-corrected chi connectivity index (χ1v) is 6.81. The molecule has 6 heteroatoms. The van der Waals surface area contributed by atoms with Crippen LogP contribution in [0.5, 0.6) is 5.75 Å². The zero-order chi connectivity index (χ0) is 15.2. The van der Waals surface area contributed by atoms with Gasteiger partial charge in [0.25, 0.3) is 5.91 Å². The molecule has 0 heterocycles. The first-order chi connectivity index (χ1) is 10.1. The third-order valence-corrected chi connectivity index (χ3v) is 3.22. The van der Waals surface area contributed by atoms with E-state index in [4.69, 9.17) is 4.74 Å². The highest BCUT2D eigenvalue weighted by molar-refractivity contribution is 9.10. The topological polar surface area (TPSA) is 55.4 Å². The van der Waals surface area contributed by atoms with Gasteiger partial charge < -0.3 is 10.1 Å². The number of anilines is 1. The van der Waals surface area contributed by atoms with Gasteiger partial charge in [0.2, 0.25) is 0 Å². The number of halogens is 2. The van der Waals surface area contributed by atoms with E-state index in [-0.39, 0.29) is 12.3 Å². The van der Waals surface area contributed by atoms with Gasteiger partial charge in [-0.15, -0.1) is 0 Å². The number of aldehydes is 1. The molecule has 0 saturated carbocycles. The standard InChI is InChI=1S/C15H11BrFNO3/c16-11-7-10(8-19)5-6-14(11)21-9-15(20)18-13-4-2-1-3-12(13)17/h1-8H,9H2,(H,18,20). The van der Waals surface area contributed by atoms with Gasteiger partial charge in [0.15, 0.2) is 6.61 Å². The van der Waals surface area contributed by atoms with E-state index in [1.54, 1.807) is 24.3 Å². The first-order valence-electron chi connectivity index (χ1n) is 6.02. The smallest absolute Gasteiger partial charge is 0.262 e. The molecule has 0 bridgehead atoms.